The zero-order valence-electron chi connectivity index (χ0n) is 29.2. The van der Waals surface area contributed by atoms with Crippen LogP contribution >= 0.6 is 0 Å². The molecule has 240 valence electrons. The average molecular weight is 583 g/mol. The van der Waals surface area contributed by atoms with Gasteiger partial charge >= 0.3 is 0 Å². The minimum absolute atomic E-state index is 0.111. The van der Waals surface area contributed by atoms with Crippen molar-refractivity contribution in [2.45, 2.75) is 120 Å². The van der Waals surface area contributed by atoms with E-state index in [-0.39, 0.29) is 11.5 Å². The molecular formula is C36H66N6. The fourth-order valence-electron chi connectivity index (χ4n) is 4.89. The average Bonchev–Trinajstić information content (AvgIpc) is 2.97. The Kier molecular flexibility index (Phi) is 20.6. The Bertz CT molecular complexity index is 913. The highest BCUT2D eigenvalue weighted by molar-refractivity contribution is 5.85. The van der Waals surface area contributed by atoms with E-state index in [1.807, 2.05) is 39.8 Å². The van der Waals surface area contributed by atoms with Crippen LogP contribution in [0.5, 0.6) is 0 Å². The molecule has 2 rings (SSSR count). The molecule has 0 saturated carbocycles. The van der Waals surface area contributed by atoms with Crippen LogP contribution in [0.3, 0.4) is 0 Å². The van der Waals surface area contributed by atoms with Crippen molar-refractivity contribution in [3.05, 3.63) is 61.3 Å². The van der Waals surface area contributed by atoms with Crippen molar-refractivity contribution < 1.29 is 0 Å². The second-order valence-corrected chi connectivity index (χ2v) is 11.8. The van der Waals surface area contributed by atoms with E-state index in [1.54, 1.807) is 6.20 Å². The zero-order valence-corrected chi connectivity index (χ0v) is 29.2. The van der Waals surface area contributed by atoms with E-state index in [0.29, 0.717) is 6.54 Å². The van der Waals surface area contributed by atoms with Crippen LogP contribution < -0.4 is 10.6 Å². The number of hydrogen-bond donors (Lipinski definition) is 2. The lowest BCUT2D eigenvalue weighted by Gasteiger charge is -2.35. The quantitative estimate of drug-likeness (QED) is 0.122. The van der Waals surface area contributed by atoms with Crippen LogP contribution in [0.4, 0.5) is 0 Å². The summed E-state index contributed by atoms with van der Waals surface area (Å²) in [5, 5.41) is 6.94. The van der Waals surface area contributed by atoms with Crippen LogP contribution in [0.25, 0.3) is 0 Å². The first-order valence-corrected chi connectivity index (χ1v) is 16.5. The maximum absolute atomic E-state index is 5.18. The van der Waals surface area contributed by atoms with Crippen molar-refractivity contribution in [2.75, 3.05) is 26.3 Å². The topological polar surface area (TPSA) is 55.3 Å². The van der Waals surface area contributed by atoms with Gasteiger partial charge in [-0.05, 0) is 64.1 Å². The third-order valence-electron chi connectivity index (χ3n) is 7.59. The molecule has 1 saturated heterocycles. The Morgan fingerprint density at radius 1 is 1.19 bits per heavy atom. The van der Waals surface area contributed by atoms with Crippen molar-refractivity contribution in [1.82, 2.24) is 20.4 Å². The minimum atomic E-state index is 0.111. The van der Waals surface area contributed by atoms with Crippen LogP contribution in [0.2, 0.25) is 0 Å². The van der Waals surface area contributed by atoms with Gasteiger partial charge < -0.3 is 15.5 Å². The van der Waals surface area contributed by atoms with Gasteiger partial charge in [0.15, 0.2) is 0 Å². The zero-order chi connectivity index (χ0) is 32.1. The van der Waals surface area contributed by atoms with Gasteiger partial charge in [0, 0.05) is 35.6 Å². The molecule has 6 heteroatoms. The van der Waals surface area contributed by atoms with Crippen LogP contribution in [0, 0.1) is 11.3 Å². The molecule has 0 radical (unpaired) electrons. The SMILES string of the molecule is C=C/C=C(\C)N(CC1=CCCC(C)=N1)C(=NC1CCN(CNC(=C)C(C)(C)CCCC(C)C)CC1)NC=C.CC.CC. The predicted molar refractivity (Wildman–Crippen MR) is 189 cm³/mol. The number of allylic oxidation sites excluding steroid dienone is 5. The van der Waals surface area contributed by atoms with E-state index in [0.717, 1.165) is 74.4 Å². The number of rotatable bonds is 14. The van der Waals surface area contributed by atoms with Crippen molar-refractivity contribution in [3.8, 4) is 0 Å². The number of hydrogen-bond acceptors (Lipinski definition) is 4. The lowest BCUT2D eigenvalue weighted by molar-refractivity contribution is 0.197. The molecule has 6 nitrogen and oxygen atoms in total. The number of guanidine groups is 1. The minimum Gasteiger partial charge on any atom is -0.376 e. The summed E-state index contributed by atoms with van der Waals surface area (Å²) in [5.41, 5.74) is 4.60. The van der Waals surface area contributed by atoms with Gasteiger partial charge in [-0.15, -0.1) is 0 Å². The summed E-state index contributed by atoms with van der Waals surface area (Å²) in [5.74, 6) is 1.58. The van der Waals surface area contributed by atoms with E-state index < -0.39 is 0 Å². The van der Waals surface area contributed by atoms with Crippen LogP contribution in [-0.4, -0.2) is 53.8 Å². The fourth-order valence-corrected chi connectivity index (χ4v) is 4.89. The third kappa shape index (κ3) is 15.0. The summed E-state index contributed by atoms with van der Waals surface area (Å²) < 4.78 is 0. The highest BCUT2D eigenvalue weighted by Crippen LogP contribution is 2.30. The standard InChI is InChI=1S/C32H54N6.2C2H6/c1-10-14-27(6)38(23-30-17-12-16-26(5)35-30)31(33-11-2)36-29-18-21-37(22-19-29)24-34-28(7)32(8,9)20-13-15-25(3)4;2*1-2/h10-11,14,17,25,29,34H,1-2,7,12-13,15-16,18-24H2,3-6,8-9H3,(H,33,36);2*1-2H3/b27-14+;;. The first-order valence-electron chi connectivity index (χ1n) is 16.5. The molecule has 0 bridgehead atoms. The molecule has 2 aliphatic heterocycles. The largest absolute Gasteiger partial charge is 0.376 e. The third-order valence-corrected chi connectivity index (χ3v) is 7.59. The maximum atomic E-state index is 5.18. The lowest BCUT2D eigenvalue weighted by atomic mass is 9.83. The first-order chi connectivity index (χ1) is 20.1. The van der Waals surface area contributed by atoms with E-state index in [4.69, 9.17) is 9.98 Å². The summed E-state index contributed by atoms with van der Waals surface area (Å²) >= 11 is 0. The Balaban J connectivity index is 0.00000402. The van der Waals surface area contributed by atoms with Crippen molar-refractivity contribution in [2.24, 2.45) is 21.3 Å². The molecule has 2 N–H and O–H groups in total. The monoisotopic (exact) mass is 583 g/mol. The van der Waals surface area contributed by atoms with E-state index in [2.05, 4.69) is 87.8 Å². The number of aliphatic imine (C=N–C) groups is 2. The van der Waals surface area contributed by atoms with Crippen molar-refractivity contribution in [1.29, 1.82) is 0 Å². The van der Waals surface area contributed by atoms with E-state index in [9.17, 15) is 0 Å². The maximum Gasteiger partial charge on any atom is 0.202 e. The lowest BCUT2D eigenvalue weighted by Crippen LogP contribution is -2.44. The van der Waals surface area contributed by atoms with Crippen molar-refractivity contribution >= 4 is 11.7 Å². The summed E-state index contributed by atoms with van der Waals surface area (Å²) in [7, 11) is 0. The molecule has 0 atom stereocenters. The summed E-state index contributed by atoms with van der Waals surface area (Å²) in [6, 6.07) is 0.258. The fraction of sp³-hybridized carbons (Fsp3) is 0.667. The Morgan fingerprint density at radius 3 is 2.38 bits per heavy atom. The Morgan fingerprint density at radius 2 is 1.83 bits per heavy atom. The van der Waals surface area contributed by atoms with E-state index in [1.165, 1.54) is 25.0 Å². The second kappa shape index (κ2) is 22.0. The van der Waals surface area contributed by atoms with Gasteiger partial charge in [0.05, 0.1) is 25.0 Å². The van der Waals surface area contributed by atoms with Gasteiger partial charge in [0.25, 0.3) is 0 Å². The molecule has 42 heavy (non-hydrogen) atoms. The first kappa shape index (κ1) is 39.4. The van der Waals surface area contributed by atoms with Gasteiger partial charge in [0.2, 0.25) is 5.96 Å². The van der Waals surface area contributed by atoms with Gasteiger partial charge in [-0.25, -0.2) is 4.99 Å². The predicted octanol–water partition coefficient (Wildman–Crippen LogP) is 9.04. The Labute approximate surface area is 260 Å². The second-order valence-electron chi connectivity index (χ2n) is 11.8. The molecule has 0 aromatic carbocycles. The molecule has 0 aromatic rings. The van der Waals surface area contributed by atoms with Crippen molar-refractivity contribution in [3.63, 3.8) is 0 Å². The molecule has 0 amide bonds. The number of nitrogens with one attached hydrogen (secondary N) is 2. The summed E-state index contributed by atoms with van der Waals surface area (Å²) in [6.07, 6.45) is 15.6. The molecule has 2 heterocycles. The van der Waals surface area contributed by atoms with Gasteiger partial charge in [-0.3, -0.25) is 9.89 Å². The smallest absolute Gasteiger partial charge is 0.202 e. The summed E-state index contributed by atoms with van der Waals surface area (Å²) in [6.45, 7) is 37.1. The van der Waals surface area contributed by atoms with E-state index >= 15 is 0 Å². The number of likely N-dealkylation sites (tertiary alicyclic amines) is 1. The molecule has 0 aliphatic carbocycles. The Hall–Kier alpha value is -2.60. The van der Waals surface area contributed by atoms with Gasteiger partial charge in [0.1, 0.15) is 0 Å². The normalized spacial score (nSPS) is 16.6. The highest BCUT2D eigenvalue weighted by Gasteiger charge is 2.25. The van der Waals surface area contributed by atoms with Crippen LogP contribution in [-0.2, 0) is 0 Å². The van der Waals surface area contributed by atoms with Gasteiger partial charge in [-0.1, -0.05) is 100 Å². The molecular weight excluding hydrogens is 516 g/mol. The number of piperidine rings is 1. The molecule has 0 spiro atoms. The number of nitrogens with zero attached hydrogens (tertiary/aromatic N) is 4. The molecule has 2 aliphatic rings. The van der Waals surface area contributed by atoms with Crippen LogP contribution in [0.15, 0.2) is 71.2 Å². The summed E-state index contributed by atoms with van der Waals surface area (Å²) in [4.78, 5) is 14.6. The van der Waals surface area contributed by atoms with Crippen LogP contribution in [0.1, 0.15) is 114 Å². The van der Waals surface area contributed by atoms with Gasteiger partial charge in [-0.2, -0.15) is 0 Å². The highest BCUT2D eigenvalue weighted by atomic mass is 15.3. The molecule has 0 unspecified atom stereocenters. The molecule has 1 fully saturated rings. The molecule has 0 aromatic heterocycles.